The highest BCUT2D eigenvalue weighted by Gasteiger charge is 2.16. The fraction of sp³-hybridized carbons (Fsp3) is 0.429. The second-order valence-electron chi connectivity index (χ2n) is 4.18. The van der Waals surface area contributed by atoms with Gasteiger partial charge in [-0.3, -0.25) is 9.59 Å². The maximum atomic E-state index is 12.0. The van der Waals surface area contributed by atoms with Gasteiger partial charge in [0.05, 0.1) is 11.3 Å². The fourth-order valence-electron chi connectivity index (χ4n) is 1.63. The predicted molar refractivity (Wildman–Crippen MR) is 84.8 cm³/mol. The molecule has 1 aromatic rings. The van der Waals surface area contributed by atoms with Crippen LogP contribution in [-0.4, -0.2) is 37.6 Å². The normalized spacial score (nSPS) is 11.2. The molecule has 0 radical (unpaired) electrons. The second-order valence-corrected chi connectivity index (χ2v) is 4.18. The average molecular weight is 316 g/mol. The molecule has 0 aliphatic carbocycles. The van der Waals surface area contributed by atoms with Crippen molar-refractivity contribution in [3.8, 4) is 0 Å². The molecular weight excluding hydrogens is 294 g/mol. The summed E-state index contributed by atoms with van der Waals surface area (Å²) in [6, 6.07) is 6.81. The fourth-order valence-corrected chi connectivity index (χ4v) is 1.63. The number of hydrogen-bond acceptors (Lipinski definition) is 4. The Morgan fingerprint density at radius 1 is 1.33 bits per heavy atom. The van der Waals surface area contributed by atoms with Gasteiger partial charge in [0.15, 0.2) is 0 Å². The number of carbonyl (C=O) groups excluding carboxylic acids is 2. The van der Waals surface area contributed by atoms with Gasteiger partial charge < -0.3 is 21.1 Å². The standard InChI is InChI=1S/C14H21N3O3.ClH/c1-3-20-10(2)13(18)17-12-7-5-4-6-11(12)14(19)16-9-8-15;/h4-7,10H,3,8-9,15H2,1-2H3,(H,16,19)(H,17,18);1H. The van der Waals surface area contributed by atoms with Crippen molar-refractivity contribution >= 4 is 29.9 Å². The zero-order chi connectivity index (χ0) is 15.0. The van der Waals surface area contributed by atoms with E-state index in [1.807, 2.05) is 6.92 Å². The summed E-state index contributed by atoms with van der Waals surface area (Å²) >= 11 is 0. The van der Waals surface area contributed by atoms with Crippen LogP contribution in [0.25, 0.3) is 0 Å². The summed E-state index contributed by atoms with van der Waals surface area (Å²) in [5, 5.41) is 5.37. The molecule has 1 aromatic carbocycles. The van der Waals surface area contributed by atoms with E-state index in [1.54, 1.807) is 31.2 Å². The lowest BCUT2D eigenvalue weighted by molar-refractivity contribution is -0.126. The zero-order valence-electron chi connectivity index (χ0n) is 12.2. The van der Waals surface area contributed by atoms with Crippen molar-refractivity contribution in [2.45, 2.75) is 20.0 Å². The van der Waals surface area contributed by atoms with Crippen LogP contribution in [0.5, 0.6) is 0 Å². The highest BCUT2D eigenvalue weighted by molar-refractivity contribution is 6.04. The van der Waals surface area contributed by atoms with E-state index in [0.717, 1.165) is 0 Å². The molecule has 0 aliphatic rings. The molecule has 118 valence electrons. The molecule has 0 saturated carbocycles. The van der Waals surface area contributed by atoms with E-state index in [1.165, 1.54) is 0 Å². The summed E-state index contributed by atoms with van der Waals surface area (Å²) in [6.45, 7) is 4.68. The Morgan fingerprint density at radius 3 is 2.62 bits per heavy atom. The summed E-state index contributed by atoms with van der Waals surface area (Å²) < 4.78 is 5.21. The van der Waals surface area contributed by atoms with E-state index >= 15 is 0 Å². The van der Waals surface area contributed by atoms with Crippen LogP contribution < -0.4 is 16.4 Å². The highest BCUT2D eigenvalue weighted by Crippen LogP contribution is 2.15. The Balaban J connectivity index is 0.00000400. The van der Waals surface area contributed by atoms with Crippen molar-refractivity contribution in [1.29, 1.82) is 0 Å². The van der Waals surface area contributed by atoms with Gasteiger partial charge in [0.25, 0.3) is 11.8 Å². The first-order chi connectivity index (χ1) is 9.60. The topological polar surface area (TPSA) is 93.4 Å². The maximum absolute atomic E-state index is 12.0. The third kappa shape index (κ3) is 6.12. The molecule has 0 spiro atoms. The number of rotatable bonds is 7. The van der Waals surface area contributed by atoms with Gasteiger partial charge in [-0.25, -0.2) is 0 Å². The van der Waals surface area contributed by atoms with Crippen LogP contribution in [-0.2, 0) is 9.53 Å². The van der Waals surface area contributed by atoms with Gasteiger partial charge in [0, 0.05) is 19.7 Å². The molecule has 0 aromatic heterocycles. The Bertz CT molecular complexity index is 469. The van der Waals surface area contributed by atoms with Crippen molar-refractivity contribution in [1.82, 2.24) is 5.32 Å². The van der Waals surface area contributed by atoms with E-state index < -0.39 is 6.10 Å². The first-order valence-corrected chi connectivity index (χ1v) is 6.59. The number of hydrogen-bond donors (Lipinski definition) is 3. The average Bonchev–Trinajstić information content (AvgIpc) is 2.45. The van der Waals surface area contributed by atoms with Gasteiger partial charge >= 0.3 is 0 Å². The van der Waals surface area contributed by atoms with Crippen molar-refractivity contribution in [3.63, 3.8) is 0 Å². The molecular formula is C14H22ClN3O3. The molecule has 6 nitrogen and oxygen atoms in total. The minimum atomic E-state index is -0.569. The van der Waals surface area contributed by atoms with Crippen LogP contribution in [0.2, 0.25) is 0 Å². The molecule has 0 aliphatic heterocycles. The number of nitrogens with two attached hydrogens (primary N) is 1. The minimum absolute atomic E-state index is 0. The molecule has 1 atom stereocenters. The minimum Gasteiger partial charge on any atom is -0.369 e. The Kier molecular flexibility index (Phi) is 9.36. The van der Waals surface area contributed by atoms with Gasteiger partial charge in [0.2, 0.25) is 0 Å². The second kappa shape index (κ2) is 10.1. The SMILES string of the molecule is CCOC(C)C(=O)Nc1ccccc1C(=O)NCCN.Cl. The largest absolute Gasteiger partial charge is 0.369 e. The van der Waals surface area contributed by atoms with Crippen LogP contribution in [0, 0.1) is 0 Å². The molecule has 0 saturated heterocycles. The van der Waals surface area contributed by atoms with Crippen molar-refractivity contribution in [2.75, 3.05) is 25.0 Å². The molecule has 0 bridgehead atoms. The van der Waals surface area contributed by atoms with E-state index in [4.69, 9.17) is 10.5 Å². The monoisotopic (exact) mass is 315 g/mol. The summed E-state index contributed by atoms with van der Waals surface area (Å²) in [7, 11) is 0. The van der Waals surface area contributed by atoms with Crippen molar-refractivity contribution in [3.05, 3.63) is 29.8 Å². The van der Waals surface area contributed by atoms with Gasteiger partial charge in [-0.2, -0.15) is 0 Å². The number of benzene rings is 1. The molecule has 7 heteroatoms. The first-order valence-electron chi connectivity index (χ1n) is 6.59. The third-order valence-corrected chi connectivity index (χ3v) is 2.65. The van der Waals surface area contributed by atoms with Crippen molar-refractivity contribution in [2.24, 2.45) is 5.73 Å². The smallest absolute Gasteiger partial charge is 0.253 e. The summed E-state index contributed by atoms with van der Waals surface area (Å²) in [4.78, 5) is 23.9. The van der Waals surface area contributed by atoms with E-state index in [0.29, 0.717) is 30.9 Å². The number of amides is 2. The number of anilines is 1. The van der Waals surface area contributed by atoms with Crippen LogP contribution >= 0.6 is 12.4 Å². The number of ether oxygens (including phenoxy) is 1. The molecule has 4 N–H and O–H groups in total. The first kappa shape index (κ1) is 19.4. The Morgan fingerprint density at radius 2 is 2.00 bits per heavy atom. The van der Waals surface area contributed by atoms with Gasteiger partial charge in [0.1, 0.15) is 6.10 Å². The molecule has 1 unspecified atom stereocenters. The lowest BCUT2D eigenvalue weighted by Crippen LogP contribution is -2.31. The predicted octanol–water partition coefficient (Wildman–Crippen LogP) is 1.16. The van der Waals surface area contributed by atoms with Crippen LogP contribution in [0.4, 0.5) is 5.69 Å². The summed E-state index contributed by atoms with van der Waals surface area (Å²) in [6.07, 6.45) is -0.569. The van der Waals surface area contributed by atoms with Crippen LogP contribution in [0.15, 0.2) is 24.3 Å². The Labute approximate surface area is 130 Å². The van der Waals surface area contributed by atoms with Crippen LogP contribution in [0.3, 0.4) is 0 Å². The van der Waals surface area contributed by atoms with E-state index in [9.17, 15) is 9.59 Å². The van der Waals surface area contributed by atoms with Gasteiger partial charge in [-0.1, -0.05) is 12.1 Å². The molecule has 0 heterocycles. The maximum Gasteiger partial charge on any atom is 0.253 e. The van der Waals surface area contributed by atoms with Crippen molar-refractivity contribution < 1.29 is 14.3 Å². The van der Waals surface area contributed by atoms with E-state index in [-0.39, 0.29) is 24.2 Å². The lowest BCUT2D eigenvalue weighted by Gasteiger charge is -2.14. The van der Waals surface area contributed by atoms with Crippen LogP contribution in [0.1, 0.15) is 24.2 Å². The molecule has 0 fully saturated rings. The molecule has 21 heavy (non-hydrogen) atoms. The van der Waals surface area contributed by atoms with Gasteiger partial charge in [-0.15, -0.1) is 12.4 Å². The molecule has 2 amide bonds. The summed E-state index contributed by atoms with van der Waals surface area (Å²) in [5.41, 5.74) is 6.20. The summed E-state index contributed by atoms with van der Waals surface area (Å²) in [5.74, 6) is -0.554. The van der Waals surface area contributed by atoms with E-state index in [2.05, 4.69) is 10.6 Å². The zero-order valence-corrected chi connectivity index (χ0v) is 13.0. The molecule has 1 rings (SSSR count). The third-order valence-electron chi connectivity index (χ3n) is 2.65. The van der Waals surface area contributed by atoms with Gasteiger partial charge in [-0.05, 0) is 26.0 Å². The number of nitrogens with one attached hydrogen (secondary N) is 2. The highest BCUT2D eigenvalue weighted by atomic mass is 35.5. The number of halogens is 1. The lowest BCUT2D eigenvalue weighted by atomic mass is 10.1. The number of carbonyl (C=O) groups is 2. The number of para-hydroxylation sites is 1. The quantitative estimate of drug-likeness (QED) is 0.704. The Hall–Kier alpha value is -1.63.